The second-order valence-electron chi connectivity index (χ2n) is 10.6. The van der Waals surface area contributed by atoms with Gasteiger partial charge in [-0.25, -0.2) is 13.2 Å². The number of nitrogens with one attached hydrogen (secondary N) is 1. The fourth-order valence-electron chi connectivity index (χ4n) is 5.70. The highest BCUT2D eigenvalue weighted by atomic mass is 32.2. The van der Waals surface area contributed by atoms with Gasteiger partial charge in [-0.05, 0) is 60.4 Å². The highest BCUT2D eigenvalue weighted by Crippen LogP contribution is 2.53. The Balaban J connectivity index is 1.44. The maximum Gasteiger partial charge on any atom is 0.338 e. The summed E-state index contributed by atoms with van der Waals surface area (Å²) in [6.07, 6.45) is 2.60. The molecule has 1 saturated heterocycles. The number of amides is 1. The zero-order chi connectivity index (χ0) is 25.4. The summed E-state index contributed by atoms with van der Waals surface area (Å²) >= 11 is 0. The maximum absolute atomic E-state index is 13.5. The van der Waals surface area contributed by atoms with Crippen LogP contribution in [0.15, 0.2) is 53.4 Å². The molecule has 2 bridgehead atoms. The van der Waals surface area contributed by atoms with E-state index in [1.165, 1.54) is 24.3 Å². The molecule has 1 aliphatic heterocycles. The summed E-state index contributed by atoms with van der Waals surface area (Å²) < 4.78 is 33.7. The summed E-state index contributed by atoms with van der Waals surface area (Å²) in [6, 6.07) is 14.1. The lowest BCUT2D eigenvalue weighted by Crippen LogP contribution is -2.37. The molecule has 0 spiro atoms. The highest BCUT2D eigenvalue weighted by molar-refractivity contribution is 7.89. The molecule has 4 rings (SSSR count). The first-order chi connectivity index (χ1) is 16.4. The van der Waals surface area contributed by atoms with Gasteiger partial charge in [0.25, 0.3) is 5.91 Å². The number of rotatable bonds is 6. The number of nitriles is 1. The molecule has 35 heavy (non-hydrogen) atoms. The van der Waals surface area contributed by atoms with Gasteiger partial charge in [0.05, 0.1) is 21.7 Å². The van der Waals surface area contributed by atoms with E-state index in [-0.39, 0.29) is 32.9 Å². The number of ether oxygens (including phenoxy) is 1. The van der Waals surface area contributed by atoms with Crippen LogP contribution in [0.3, 0.4) is 0 Å². The van der Waals surface area contributed by atoms with E-state index in [0.717, 1.165) is 19.3 Å². The number of benzene rings is 2. The van der Waals surface area contributed by atoms with Gasteiger partial charge in [0.15, 0.2) is 6.61 Å². The van der Waals surface area contributed by atoms with Crippen molar-refractivity contribution in [3.63, 3.8) is 0 Å². The number of sulfonamides is 1. The Morgan fingerprint density at radius 2 is 1.89 bits per heavy atom. The van der Waals surface area contributed by atoms with Crippen LogP contribution in [0.2, 0.25) is 0 Å². The first-order valence-corrected chi connectivity index (χ1v) is 12.9. The summed E-state index contributed by atoms with van der Waals surface area (Å²) in [5.74, 6) is -1.41. The van der Waals surface area contributed by atoms with Crippen LogP contribution in [-0.2, 0) is 19.6 Å². The summed E-state index contributed by atoms with van der Waals surface area (Å²) in [7, 11) is -3.80. The smallest absolute Gasteiger partial charge is 0.338 e. The standard InChI is InChI=1S/C26H29N3O5S/c1-25(2)12-20-13-26(3,16-25)17-29(20)35(32,33)21-9-6-8-18(11-21)24(31)34-15-23(30)28-22-10-5-4-7-19(22)14-27/h4-11,20H,12-13,15-17H2,1-3H3,(H,28,30)/t20-,26+/m0/s1. The number of hydrogen-bond acceptors (Lipinski definition) is 6. The lowest BCUT2D eigenvalue weighted by Gasteiger charge is -2.39. The van der Waals surface area contributed by atoms with Crippen LogP contribution in [0.5, 0.6) is 0 Å². The van der Waals surface area contributed by atoms with Crippen molar-refractivity contribution in [2.24, 2.45) is 10.8 Å². The number of esters is 1. The minimum absolute atomic E-state index is 0.0355. The zero-order valence-corrected chi connectivity index (χ0v) is 20.9. The van der Waals surface area contributed by atoms with Gasteiger partial charge in [-0.1, -0.05) is 39.0 Å². The molecule has 8 nitrogen and oxygen atoms in total. The molecular weight excluding hydrogens is 466 g/mol. The Hall–Kier alpha value is -3.22. The molecular formula is C26H29N3O5S. The fraction of sp³-hybridized carbons (Fsp3) is 0.423. The second-order valence-corrected chi connectivity index (χ2v) is 12.5. The predicted octanol–water partition coefficient (Wildman–Crippen LogP) is 3.94. The van der Waals surface area contributed by atoms with Crippen LogP contribution in [0.25, 0.3) is 0 Å². The van der Waals surface area contributed by atoms with E-state index >= 15 is 0 Å². The molecule has 184 valence electrons. The van der Waals surface area contributed by atoms with Crippen LogP contribution >= 0.6 is 0 Å². The van der Waals surface area contributed by atoms with Crippen LogP contribution < -0.4 is 5.32 Å². The van der Waals surface area contributed by atoms with E-state index in [4.69, 9.17) is 10.00 Å². The first-order valence-electron chi connectivity index (χ1n) is 11.5. The molecule has 2 fully saturated rings. The van der Waals surface area contributed by atoms with Crippen LogP contribution in [0, 0.1) is 22.2 Å². The fourth-order valence-corrected chi connectivity index (χ4v) is 7.52. The third-order valence-corrected chi connectivity index (χ3v) is 8.59. The number of anilines is 1. The quantitative estimate of drug-likeness (QED) is 0.607. The van der Waals surface area contributed by atoms with Crippen molar-refractivity contribution < 1.29 is 22.7 Å². The molecule has 0 aromatic heterocycles. The Bertz CT molecular complexity index is 1310. The second kappa shape index (κ2) is 9.10. The normalized spacial score (nSPS) is 23.3. The SMILES string of the molecule is CC1(C)C[C@H]2C[C@@](C)(CN2S(=O)(=O)c2cccc(C(=O)OCC(=O)Nc3ccccc3C#N)c2)C1. The molecule has 0 unspecified atom stereocenters. The average Bonchev–Trinajstić information content (AvgIpc) is 3.07. The molecule has 9 heteroatoms. The van der Waals surface area contributed by atoms with Gasteiger partial charge in [-0.15, -0.1) is 0 Å². The Labute approximate surface area is 205 Å². The lowest BCUT2D eigenvalue weighted by molar-refractivity contribution is -0.119. The Morgan fingerprint density at radius 3 is 2.63 bits per heavy atom. The Morgan fingerprint density at radius 1 is 1.14 bits per heavy atom. The number of fused-ring (bicyclic) bond motifs is 2. The molecule has 2 aromatic rings. The molecule has 1 saturated carbocycles. The van der Waals surface area contributed by atoms with Gasteiger partial charge in [0.2, 0.25) is 10.0 Å². The third kappa shape index (κ3) is 5.24. The maximum atomic E-state index is 13.5. The van der Waals surface area contributed by atoms with Crippen molar-refractivity contribution in [3.8, 4) is 6.07 Å². The van der Waals surface area contributed by atoms with Crippen molar-refractivity contribution in [1.29, 1.82) is 5.26 Å². The molecule has 1 heterocycles. The van der Waals surface area contributed by atoms with Crippen LogP contribution in [-0.4, -0.2) is 43.8 Å². The van der Waals surface area contributed by atoms with Crippen LogP contribution in [0.4, 0.5) is 5.69 Å². The topological polar surface area (TPSA) is 117 Å². The van der Waals surface area contributed by atoms with Gasteiger partial charge < -0.3 is 10.1 Å². The van der Waals surface area contributed by atoms with E-state index in [1.54, 1.807) is 28.6 Å². The summed E-state index contributed by atoms with van der Waals surface area (Å²) in [4.78, 5) is 24.8. The largest absolute Gasteiger partial charge is 0.452 e. The molecule has 2 aromatic carbocycles. The summed E-state index contributed by atoms with van der Waals surface area (Å²) in [5, 5.41) is 11.7. The molecule has 2 atom stereocenters. The van der Waals surface area contributed by atoms with E-state index in [2.05, 4.69) is 26.1 Å². The summed E-state index contributed by atoms with van der Waals surface area (Å²) in [6.45, 7) is 6.39. The first kappa shape index (κ1) is 24.9. The molecule has 0 radical (unpaired) electrons. The van der Waals surface area contributed by atoms with Crippen molar-refractivity contribution >= 4 is 27.6 Å². The average molecular weight is 496 g/mol. The van der Waals surface area contributed by atoms with Gasteiger partial charge in [0, 0.05) is 12.6 Å². The molecule has 1 aliphatic carbocycles. The van der Waals surface area contributed by atoms with Gasteiger partial charge in [-0.3, -0.25) is 4.79 Å². The number of para-hydroxylation sites is 1. The molecule has 2 aliphatic rings. The van der Waals surface area contributed by atoms with Crippen molar-refractivity contribution in [1.82, 2.24) is 4.31 Å². The van der Waals surface area contributed by atoms with E-state index in [0.29, 0.717) is 12.2 Å². The van der Waals surface area contributed by atoms with E-state index in [1.807, 2.05) is 6.07 Å². The summed E-state index contributed by atoms with van der Waals surface area (Å²) in [5.41, 5.74) is 0.658. The van der Waals surface area contributed by atoms with Crippen molar-refractivity contribution in [2.75, 3.05) is 18.5 Å². The number of carbonyl (C=O) groups is 2. The zero-order valence-electron chi connectivity index (χ0n) is 20.1. The number of hydrogen-bond donors (Lipinski definition) is 1. The van der Waals surface area contributed by atoms with Gasteiger partial charge in [-0.2, -0.15) is 9.57 Å². The number of carbonyl (C=O) groups excluding carboxylic acids is 2. The minimum Gasteiger partial charge on any atom is -0.452 e. The van der Waals surface area contributed by atoms with Crippen molar-refractivity contribution in [2.45, 2.75) is 51.0 Å². The van der Waals surface area contributed by atoms with Crippen LogP contribution in [0.1, 0.15) is 56.0 Å². The van der Waals surface area contributed by atoms with E-state index in [9.17, 15) is 18.0 Å². The molecule has 1 amide bonds. The number of nitrogens with zero attached hydrogens (tertiary/aromatic N) is 2. The predicted molar refractivity (Wildman–Crippen MR) is 130 cm³/mol. The monoisotopic (exact) mass is 495 g/mol. The van der Waals surface area contributed by atoms with Gasteiger partial charge in [0.1, 0.15) is 6.07 Å². The molecule has 1 N–H and O–H groups in total. The lowest BCUT2D eigenvalue weighted by atomic mass is 9.65. The third-order valence-electron chi connectivity index (χ3n) is 6.70. The Kier molecular flexibility index (Phi) is 6.47. The minimum atomic E-state index is -3.80. The highest BCUT2D eigenvalue weighted by Gasteiger charge is 2.53. The van der Waals surface area contributed by atoms with E-state index < -0.39 is 28.5 Å². The van der Waals surface area contributed by atoms with Crippen molar-refractivity contribution in [3.05, 3.63) is 59.7 Å². The van der Waals surface area contributed by atoms with Gasteiger partial charge >= 0.3 is 5.97 Å².